The van der Waals surface area contributed by atoms with Crippen LogP contribution in [-0.4, -0.2) is 64.5 Å². The fraction of sp³-hybridized carbons (Fsp3) is 0.450. The first-order valence-corrected chi connectivity index (χ1v) is 9.59. The van der Waals surface area contributed by atoms with Crippen molar-refractivity contribution in [2.45, 2.75) is 25.8 Å². The Morgan fingerprint density at radius 2 is 2.20 bits per heavy atom. The maximum atomic E-state index is 13.1. The van der Waals surface area contributed by atoms with Gasteiger partial charge >= 0.3 is 5.95 Å². The number of piperidine rings is 1. The van der Waals surface area contributed by atoms with Crippen LogP contribution >= 0.6 is 0 Å². The minimum absolute atomic E-state index is 0.0233. The summed E-state index contributed by atoms with van der Waals surface area (Å²) in [4.78, 5) is 33.0. The van der Waals surface area contributed by atoms with E-state index in [1.807, 2.05) is 6.92 Å². The number of fused-ring (bicyclic) bond motifs is 2. The van der Waals surface area contributed by atoms with Crippen molar-refractivity contribution < 1.29 is 18.3 Å². The maximum Gasteiger partial charge on any atom is 0.322 e. The zero-order valence-corrected chi connectivity index (χ0v) is 16.3. The molecule has 10 heteroatoms. The molecule has 2 unspecified atom stereocenters. The third kappa shape index (κ3) is 4.01. The molecule has 4 heterocycles. The first-order valence-electron chi connectivity index (χ1n) is 9.59. The maximum absolute atomic E-state index is 13.1. The molecular weight excluding hydrogens is 394 g/mol. The molecule has 4 rings (SSSR count). The Bertz CT molecular complexity index is 996. The molecule has 8 nitrogen and oxygen atoms in total. The first kappa shape index (κ1) is 19.9. The van der Waals surface area contributed by atoms with E-state index in [1.54, 1.807) is 17.0 Å². The van der Waals surface area contributed by atoms with E-state index in [2.05, 4.69) is 24.7 Å². The molecule has 2 fully saturated rings. The number of hydrogen-bond donors (Lipinski definition) is 0. The van der Waals surface area contributed by atoms with Crippen molar-refractivity contribution in [3.8, 4) is 5.88 Å². The molecule has 156 valence electrons. The molecule has 2 aromatic rings. The lowest BCUT2D eigenvalue weighted by Gasteiger charge is -2.32. The highest BCUT2D eigenvalue weighted by Gasteiger charge is 2.42. The lowest BCUT2D eigenvalue weighted by atomic mass is 9.99. The van der Waals surface area contributed by atoms with Crippen LogP contribution < -0.4 is 9.64 Å². The van der Waals surface area contributed by atoms with Gasteiger partial charge in [-0.15, -0.1) is 0 Å². The van der Waals surface area contributed by atoms with E-state index in [1.165, 1.54) is 12.3 Å². The van der Waals surface area contributed by atoms with E-state index in [0.717, 1.165) is 12.1 Å². The van der Waals surface area contributed by atoms with Crippen LogP contribution in [-0.2, 0) is 0 Å². The molecule has 2 saturated heterocycles. The van der Waals surface area contributed by atoms with Crippen molar-refractivity contribution in [3.63, 3.8) is 0 Å². The summed E-state index contributed by atoms with van der Waals surface area (Å²) in [5.41, 5.74) is 0.893. The molecule has 30 heavy (non-hydrogen) atoms. The summed E-state index contributed by atoms with van der Waals surface area (Å²) < 4.78 is 30.1. The fourth-order valence-electron chi connectivity index (χ4n) is 4.07. The van der Waals surface area contributed by atoms with Gasteiger partial charge in [-0.2, -0.15) is 4.98 Å². The van der Waals surface area contributed by atoms with E-state index in [4.69, 9.17) is 11.3 Å². The van der Waals surface area contributed by atoms with Crippen LogP contribution in [0, 0.1) is 19.4 Å². The summed E-state index contributed by atoms with van der Waals surface area (Å²) in [6.07, 6.45) is -0.344. The normalized spacial score (nSPS) is 20.4. The van der Waals surface area contributed by atoms with Crippen LogP contribution in [0.15, 0.2) is 24.4 Å². The first-order chi connectivity index (χ1) is 14.4. The zero-order chi connectivity index (χ0) is 21.3. The largest absolute Gasteiger partial charge is 0.471 e. The van der Waals surface area contributed by atoms with Gasteiger partial charge in [-0.25, -0.2) is 13.8 Å². The standard InChI is InChI=1S/C20H20F2N6O2/c1-12-6-17(23-2)26-20(25-12)28-9-13-7-14(28)10-27(8-13)19(29)15-4-3-5-24-18(15)30-11-16(21)22/h3-6,13-14,16H,7-11H2,1H3. The quantitative estimate of drug-likeness (QED) is 0.701. The number of pyridine rings is 1. The number of amides is 1. The molecule has 0 saturated carbocycles. The van der Waals surface area contributed by atoms with E-state index in [0.29, 0.717) is 31.4 Å². The molecule has 2 bridgehead atoms. The highest BCUT2D eigenvalue weighted by atomic mass is 19.3. The topological polar surface area (TPSA) is 75.8 Å². The predicted octanol–water partition coefficient (Wildman–Crippen LogP) is 2.73. The fourth-order valence-corrected chi connectivity index (χ4v) is 4.07. The van der Waals surface area contributed by atoms with E-state index in [9.17, 15) is 13.6 Å². The molecule has 0 N–H and O–H groups in total. The van der Waals surface area contributed by atoms with Gasteiger partial charge in [0, 0.05) is 31.5 Å². The second-order valence-corrected chi connectivity index (χ2v) is 7.46. The van der Waals surface area contributed by atoms with E-state index < -0.39 is 13.0 Å². The number of carbonyl (C=O) groups is 1. The molecule has 2 atom stereocenters. The Balaban J connectivity index is 1.53. The van der Waals surface area contributed by atoms with Crippen LogP contribution in [0.25, 0.3) is 4.85 Å². The number of rotatable bonds is 5. The number of carbonyl (C=O) groups excluding carboxylic acids is 1. The minimum Gasteiger partial charge on any atom is -0.471 e. The van der Waals surface area contributed by atoms with Gasteiger partial charge in [-0.05, 0) is 37.5 Å². The lowest BCUT2D eigenvalue weighted by molar-refractivity contribution is 0.0657. The molecule has 2 aromatic heterocycles. The Morgan fingerprint density at radius 3 is 2.97 bits per heavy atom. The summed E-state index contributed by atoms with van der Waals surface area (Å²) in [6, 6.07) is 4.78. The van der Waals surface area contributed by atoms with Crippen LogP contribution in [0.1, 0.15) is 22.5 Å². The van der Waals surface area contributed by atoms with Crippen molar-refractivity contribution >= 4 is 17.7 Å². The Kier molecular flexibility index (Phi) is 5.44. The number of hydrogen-bond acceptors (Lipinski definition) is 6. The number of ether oxygens (including phenoxy) is 1. The summed E-state index contributed by atoms with van der Waals surface area (Å²) in [5.74, 6) is 0.653. The number of alkyl halides is 2. The van der Waals surface area contributed by atoms with Crippen LogP contribution in [0.3, 0.4) is 0 Å². The van der Waals surface area contributed by atoms with Crippen molar-refractivity contribution in [1.29, 1.82) is 0 Å². The number of halogens is 2. The molecule has 0 aliphatic carbocycles. The van der Waals surface area contributed by atoms with E-state index in [-0.39, 0.29) is 29.3 Å². The predicted molar refractivity (Wildman–Crippen MR) is 104 cm³/mol. The van der Waals surface area contributed by atoms with Gasteiger partial charge in [0.05, 0.1) is 6.04 Å². The molecule has 0 aromatic carbocycles. The third-order valence-electron chi connectivity index (χ3n) is 5.25. The van der Waals surface area contributed by atoms with Crippen molar-refractivity contribution in [2.75, 3.05) is 31.1 Å². The number of aryl methyl sites for hydroxylation is 1. The lowest BCUT2D eigenvalue weighted by Crippen LogP contribution is -2.45. The number of anilines is 1. The van der Waals surface area contributed by atoms with E-state index >= 15 is 0 Å². The second kappa shape index (κ2) is 8.18. The van der Waals surface area contributed by atoms with Crippen LogP contribution in [0.5, 0.6) is 5.88 Å². The molecule has 2 aliphatic rings. The number of likely N-dealkylation sites (tertiary alicyclic amines) is 1. The summed E-state index contributed by atoms with van der Waals surface area (Å²) in [5, 5.41) is 0. The van der Waals surface area contributed by atoms with Gasteiger partial charge in [-0.3, -0.25) is 4.79 Å². The smallest absolute Gasteiger partial charge is 0.322 e. The van der Waals surface area contributed by atoms with Crippen molar-refractivity contribution in [2.24, 2.45) is 5.92 Å². The Hall–Kier alpha value is -3.35. The van der Waals surface area contributed by atoms with Crippen LogP contribution in [0.2, 0.25) is 0 Å². The number of aromatic nitrogens is 3. The monoisotopic (exact) mass is 414 g/mol. The average molecular weight is 414 g/mol. The summed E-state index contributed by atoms with van der Waals surface area (Å²) >= 11 is 0. The van der Waals surface area contributed by atoms with Gasteiger partial charge in [0.15, 0.2) is 6.61 Å². The SMILES string of the molecule is [C-]#[N+]c1cc(C)nc(N2CC3CC2CN(C(=O)c2cccnc2OCC(F)F)C3)n1. The highest BCUT2D eigenvalue weighted by molar-refractivity contribution is 5.96. The molecule has 1 amide bonds. The molecule has 2 aliphatic heterocycles. The zero-order valence-electron chi connectivity index (χ0n) is 16.3. The van der Waals surface area contributed by atoms with Crippen molar-refractivity contribution in [3.05, 3.63) is 47.1 Å². The Morgan fingerprint density at radius 1 is 1.37 bits per heavy atom. The average Bonchev–Trinajstić information content (AvgIpc) is 3.04. The van der Waals surface area contributed by atoms with Gasteiger partial charge in [0.25, 0.3) is 18.2 Å². The minimum atomic E-state index is -2.65. The summed E-state index contributed by atoms with van der Waals surface area (Å²) in [6.45, 7) is 9.90. The van der Waals surface area contributed by atoms with Gasteiger partial charge in [0.1, 0.15) is 5.56 Å². The van der Waals surface area contributed by atoms with Crippen molar-refractivity contribution in [1.82, 2.24) is 19.9 Å². The molecule has 0 spiro atoms. The van der Waals surface area contributed by atoms with Gasteiger partial charge in [0.2, 0.25) is 5.88 Å². The Labute approximate surface area is 172 Å². The summed E-state index contributed by atoms with van der Waals surface area (Å²) in [7, 11) is 0. The van der Waals surface area contributed by atoms with Crippen LogP contribution in [0.4, 0.5) is 20.5 Å². The second-order valence-electron chi connectivity index (χ2n) is 7.46. The van der Waals surface area contributed by atoms with Gasteiger partial charge in [-0.1, -0.05) is 11.6 Å². The molecule has 0 radical (unpaired) electrons. The van der Waals surface area contributed by atoms with Gasteiger partial charge < -0.3 is 19.4 Å². The third-order valence-corrected chi connectivity index (χ3v) is 5.25. The molecular formula is C20H20F2N6O2. The highest BCUT2D eigenvalue weighted by Crippen LogP contribution is 2.34. The number of nitrogens with zero attached hydrogens (tertiary/aromatic N) is 6.